The smallest absolute Gasteiger partial charge is 0.129 e. The summed E-state index contributed by atoms with van der Waals surface area (Å²) in [5.74, 6) is 0.979. The Kier molecular flexibility index (Phi) is 5.26. The van der Waals surface area contributed by atoms with Crippen molar-refractivity contribution < 1.29 is 4.74 Å². The first-order valence-electron chi connectivity index (χ1n) is 6.90. The maximum Gasteiger partial charge on any atom is 0.129 e. The maximum absolute atomic E-state index is 5.30. The predicted octanol–water partition coefficient (Wildman–Crippen LogP) is 4.30. The second-order valence-electron chi connectivity index (χ2n) is 4.76. The van der Waals surface area contributed by atoms with Gasteiger partial charge in [0.1, 0.15) is 5.75 Å². The summed E-state index contributed by atoms with van der Waals surface area (Å²) in [7, 11) is 1.74. The van der Waals surface area contributed by atoms with Gasteiger partial charge < -0.3 is 10.1 Å². The lowest BCUT2D eigenvalue weighted by Crippen LogP contribution is -2.22. The van der Waals surface area contributed by atoms with Crippen LogP contribution in [0.15, 0.2) is 23.1 Å². The van der Waals surface area contributed by atoms with Crippen molar-refractivity contribution in [3.05, 3.63) is 28.0 Å². The van der Waals surface area contributed by atoms with Crippen LogP contribution in [0.1, 0.15) is 49.9 Å². The quantitative estimate of drug-likeness (QED) is 0.802. The van der Waals surface area contributed by atoms with Crippen molar-refractivity contribution in [1.82, 2.24) is 5.32 Å². The van der Waals surface area contributed by atoms with Crippen LogP contribution in [0.25, 0.3) is 0 Å². The monoisotopic (exact) mass is 265 g/mol. The zero-order valence-electron chi connectivity index (χ0n) is 11.4. The van der Waals surface area contributed by atoms with Crippen LogP contribution in [0.3, 0.4) is 0 Å². The van der Waals surface area contributed by atoms with E-state index in [4.69, 9.17) is 4.74 Å². The van der Waals surface area contributed by atoms with E-state index in [1.165, 1.54) is 37.0 Å². The lowest BCUT2D eigenvalue weighted by atomic mass is 10.0. The summed E-state index contributed by atoms with van der Waals surface area (Å²) in [6, 6.07) is 2.56. The Bertz CT molecular complexity index is 397. The summed E-state index contributed by atoms with van der Waals surface area (Å²) >= 11 is 1.79. The molecule has 0 radical (unpaired) electrons. The van der Waals surface area contributed by atoms with E-state index < -0.39 is 0 Å². The van der Waals surface area contributed by atoms with Gasteiger partial charge in [-0.15, -0.1) is 11.3 Å². The van der Waals surface area contributed by atoms with Crippen LogP contribution < -0.4 is 10.1 Å². The van der Waals surface area contributed by atoms with Crippen LogP contribution in [0, 0.1) is 0 Å². The Balaban J connectivity index is 2.18. The van der Waals surface area contributed by atoms with Crippen molar-refractivity contribution in [3.8, 4) is 5.75 Å². The number of allylic oxidation sites excluding steroid dienone is 1. The maximum atomic E-state index is 5.30. The lowest BCUT2D eigenvalue weighted by molar-refractivity contribution is 0.416. The highest BCUT2D eigenvalue weighted by Crippen LogP contribution is 2.34. The molecular formula is C15H23NOS. The molecule has 1 aromatic rings. The van der Waals surface area contributed by atoms with Crippen LogP contribution in [0.2, 0.25) is 0 Å². The second-order valence-corrected chi connectivity index (χ2v) is 5.70. The van der Waals surface area contributed by atoms with E-state index in [0.29, 0.717) is 6.04 Å². The molecule has 0 fully saturated rings. The van der Waals surface area contributed by atoms with E-state index >= 15 is 0 Å². The minimum Gasteiger partial charge on any atom is -0.496 e. The van der Waals surface area contributed by atoms with E-state index in [9.17, 15) is 0 Å². The third-order valence-corrected chi connectivity index (χ3v) is 4.45. The van der Waals surface area contributed by atoms with Gasteiger partial charge in [-0.25, -0.2) is 0 Å². The van der Waals surface area contributed by atoms with Crippen molar-refractivity contribution in [3.63, 3.8) is 0 Å². The number of hydrogen-bond acceptors (Lipinski definition) is 3. The van der Waals surface area contributed by atoms with E-state index in [1.54, 1.807) is 24.0 Å². The molecule has 0 aromatic carbocycles. The average Bonchev–Trinajstić information content (AvgIpc) is 2.70. The molecule has 3 heteroatoms. The fraction of sp³-hybridized carbons (Fsp3) is 0.600. The van der Waals surface area contributed by atoms with Crippen LogP contribution in [0.5, 0.6) is 5.75 Å². The van der Waals surface area contributed by atoms with Gasteiger partial charge in [0.15, 0.2) is 0 Å². The Morgan fingerprint density at radius 2 is 2.28 bits per heavy atom. The molecule has 2 nitrogen and oxygen atoms in total. The molecule has 0 spiro atoms. The molecule has 1 heterocycles. The molecule has 0 aliphatic heterocycles. The molecule has 18 heavy (non-hydrogen) atoms. The molecule has 0 amide bonds. The molecule has 1 atom stereocenters. The number of nitrogens with one attached hydrogen (secondary N) is 1. The van der Waals surface area contributed by atoms with Crippen molar-refractivity contribution in [1.29, 1.82) is 0 Å². The van der Waals surface area contributed by atoms with E-state index in [-0.39, 0.29) is 0 Å². The Morgan fingerprint density at radius 1 is 1.39 bits per heavy atom. The number of thiophene rings is 1. The first kappa shape index (κ1) is 13.6. The summed E-state index contributed by atoms with van der Waals surface area (Å²) in [5.41, 5.74) is 1.57. The predicted molar refractivity (Wildman–Crippen MR) is 78.5 cm³/mol. The zero-order valence-corrected chi connectivity index (χ0v) is 12.2. The van der Waals surface area contributed by atoms with Crippen molar-refractivity contribution in [2.45, 2.75) is 45.1 Å². The molecule has 100 valence electrons. The van der Waals surface area contributed by atoms with Gasteiger partial charge in [-0.05, 0) is 38.3 Å². The fourth-order valence-electron chi connectivity index (χ4n) is 2.51. The summed E-state index contributed by atoms with van der Waals surface area (Å²) in [6.45, 7) is 3.18. The Hall–Kier alpha value is -0.800. The molecule has 2 rings (SSSR count). The first-order chi connectivity index (χ1) is 8.85. The van der Waals surface area contributed by atoms with Gasteiger partial charge in [-0.2, -0.15) is 0 Å². The van der Waals surface area contributed by atoms with E-state index in [0.717, 1.165) is 12.3 Å². The fourth-order valence-corrected chi connectivity index (χ4v) is 3.48. The van der Waals surface area contributed by atoms with Gasteiger partial charge in [0.05, 0.1) is 13.2 Å². The van der Waals surface area contributed by atoms with Gasteiger partial charge in [0.25, 0.3) is 0 Å². The summed E-state index contributed by atoms with van der Waals surface area (Å²) in [5, 5.41) is 5.71. The van der Waals surface area contributed by atoms with Gasteiger partial charge in [0, 0.05) is 10.3 Å². The molecule has 0 bridgehead atoms. The Labute approximate surface area is 114 Å². The van der Waals surface area contributed by atoms with E-state index in [2.05, 4.69) is 29.8 Å². The minimum absolute atomic E-state index is 0.391. The highest BCUT2D eigenvalue weighted by molar-refractivity contribution is 7.10. The van der Waals surface area contributed by atoms with Gasteiger partial charge >= 0.3 is 0 Å². The van der Waals surface area contributed by atoms with Crippen molar-refractivity contribution >= 4 is 11.3 Å². The summed E-state index contributed by atoms with van der Waals surface area (Å²) < 4.78 is 5.30. The highest BCUT2D eigenvalue weighted by Gasteiger charge is 2.18. The summed E-state index contributed by atoms with van der Waals surface area (Å²) in [4.78, 5) is 1.38. The van der Waals surface area contributed by atoms with Crippen LogP contribution in [-0.2, 0) is 0 Å². The minimum atomic E-state index is 0.391. The number of likely N-dealkylation sites (N-methyl/N-ethyl adjacent to an activating group) is 1. The normalized spacial score (nSPS) is 18.0. The zero-order chi connectivity index (χ0) is 12.8. The van der Waals surface area contributed by atoms with Gasteiger partial charge in [0.2, 0.25) is 0 Å². The largest absolute Gasteiger partial charge is 0.496 e. The molecule has 0 saturated heterocycles. The third-order valence-electron chi connectivity index (χ3n) is 3.47. The molecule has 0 saturated carbocycles. The number of methoxy groups -OCH3 is 1. The SMILES string of the molecule is CCNC(C1=CCCCCC1)c1cc(OC)cs1. The van der Waals surface area contributed by atoms with Crippen LogP contribution in [-0.4, -0.2) is 13.7 Å². The first-order valence-corrected chi connectivity index (χ1v) is 7.78. The van der Waals surface area contributed by atoms with Crippen LogP contribution in [0.4, 0.5) is 0 Å². The molecule has 1 unspecified atom stereocenters. The lowest BCUT2D eigenvalue weighted by Gasteiger charge is -2.19. The van der Waals surface area contributed by atoms with E-state index in [1.807, 2.05) is 0 Å². The number of hydrogen-bond donors (Lipinski definition) is 1. The molecule has 1 aromatic heterocycles. The topological polar surface area (TPSA) is 21.3 Å². The van der Waals surface area contributed by atoms with Gasteiger partial charge in [-0.3, -0.25) is 0 Å². The second kappa shape index (κ2) is 6.95. The summed E-state index contributed by atoms with van der Waals surface area (Å²) in [6.07, 6.45) is 8.96. The van der Waals surface area contributed by atoms with Crippen molar-refractivity contribution in [2.24, 2.45) is 0 Å². The molecule has 1 aliphatic carbocycles. The number of ether oxygens (including phenoxy) is 1. The van der Waals surface area contributed by atoms with Gasteiger partial charge in [-0.1, -0.05) is 25.0 Å². The molecular weight excluding hydrogens is 242 g/mol. The number of rotatable bonds is 5. The third kappa shape index (κ3) is 3.36. The molecule has 1 aliphatic rings. The molecule has 1 N–H and O–H groups in total. The Morgan fingerprint density at radius 3 is 3.00 bits per heavy atom. The van der Waals surface area contributed by atoms with Crippen molar-refractivity contribution in [2.75, 3.05) is 13.7 Å². The average molecular weight is 265 g/mol. The van der Waals surface area contributed by atoms with Crippen LogP contribution >= 0.6 is 11.3 Å². The highest BCUT2D eigenvalue weighted by atomic mass is 32.1. The standard InChI is InChI=1S/C15H23NOS/c1-3-16-15(12-8-6-4-5-7-9-12)14-10-13(17-2)11-18-14/h8,10-11,15-16H,3-7,9H2,1-2H3.